The fourth-order valence-corrected chi connectivity index (χ4v) is 2.62. The van der Waals surface area contributed by atoms with Crippen LogP contribution in [-0.2, 0) is 0 Å². The quantitative estimate of drug-likeness (QED) is 0.783. The highest BCUT2D eigenvalue weighted by atomic mass is 16.2. The predicted octanol–water partition coefficient (Wildman–Crippen LogP) is 3.24. The number of aromatic amines is 1. The molecule has 0 bridgehead atoms. The molecule has 2 heterocycles. The minimum Gasteiger partial charge on any atom is -0.345 e. The zero-order valence-electron chi connectivity index (χ0n) is 12.3. The number of H-pyrrole nitrogens is 1. The number of fused-ring (bicyclic) bond motifs is 1. The Hall–Kier alpha value is -2.62. The van der Waals surface area contributed by atoms with Crippen LogP contribution in [0.4, 0.5) is 0 Å². The molecule has 0 aliphatic carbocycles. The summed E-state index contributed by atoms with van der Waals surface area (Å²) in [5.74, 6) is 0.00300. The maximum Gasteiger partial charge on any atom is 0.253 e. The van der Waals surface area contributed by atoms with Gasteiger partial charge in [-0.3, -0.25) is 4.79 Å². The van der Waals surface area contributed by atoms with Gasteiger partial charge in [0, 0.05) is 42.5 Å². The van der Waals surface area contributed by atoms with E-state index in [2.05, 4.69) is 9.97 Å². The Morgan fingerprint density at radius 2 is 1.90 bits per heavy atom. The number of amides is 1. The van der Waals surface area contributed by atoms with Gasteiger partial charge in [0.25, 0.3) is 5.91 Å². The summed E-state index contributed by atoms with van der Waals surface area (Å²) in [5, 5.41) is 1.04. The van der Waals surface area contributed by atoms with Crippen molar-refractivity contribution in [3.05, 3.63) is 53.9 Å². The summed E-state index contributed by atoms with van der Waals surface area (Å²) in [7, 11) is 3.53. The molecular formula is C17H17N3O. The van der Waals surface area contributed by atoms with E-state index >= 15 is 0 Å². The van der Waals surface area contributed by atoms with Gasteiger partial charge in [-0.15, -0.1) is 0 Å². The van der Waals surface area contributed by atoms with Gasteiger partial charge in [0.1, 0.15) is 5.65 Å². The van der Waals surface area contributed by atoms with E-state index in [4.69, 9.17) is 0 Å². The van der Waals surface area contributed by atoms with E-state index in [1.54, 1.807) is 25.2 Å². The topological polar surface area (TPSA) is 49.0 Å². The zero-order chi connectivity index (χ0) is 15.0. The van der Waals surface area contributed by atoms with E-state index in [9.17, 15) is 4.79 Å². The van der Waals surface area contributed by atoms with E-state index in [1.165, 1.54) is 0 Å². The highest BCUT2D eigenvalue weighted by Crippen LogP contribution is 2.33. The number of nitrogens with one attached hydrogen (secondary N) is 1. The van der Waals surface area contributed by atoms with Gasteiger partial charge >= 0.3 is 0 Å². The molecule has 3 aromatic rings. The van der Waals surface area contributed by atoms with Crippen LogP contribution in [-0.4, -0.2) is 34.9 Å². The van der Waals surface area contributed by atoms with Gasteiger partial charge in [0.15, 0.2) is 0 Å². The van der Waals surface area contributed by atoms with Crippen molar-refractivity contribution in [3.8, 4) is 11.1 Å². The lowest BCUT2D eigenvalue weighted by Crippen LogP contribution is -2.22. The second-order valence-corrected chi connectivity index (χ2v) is 5.27. The van der Waals surface area contributed by atoms with E-state index in [1.807, 2.05) is 43.3 Å². The molecule has 3 rings (SSSR count). The maximum absolute atomic E-state index is 12.4. The summed E-state index contributed by atoms with van der Waals surface area (Å²) in [4.78, 5) is 21.6. The Balaban J connectivity index is 2.29. The Morgan fingerprint density at radius 3 is 2.67 bits per heavy atom. The van der Waals surface area contributed by atoms with Crippen LogP contribution < -0.4 is 0 Å². The monoisotopic (exact) mass is 279 g/mol. The normalized spacial score (nSPS) is 10.8. The second kappa shape index (κ2) is 5.05. The van der Waals surface area contributed by atoms with Gasteiger partial charge in [-0.05, 0) is 30.7 Å². The fourth-order valence-electron chi connectivity index (χ4n) is 2.62. The molecule has 4 heteroatoms. The summed E-state index contributed by atoms with van der Waals surface area (Å²) >= 11 is 0. The van der Waals surface area contributed by atoms with Gasteiger partial charge in [0.2, 0.25) is 0 Å². The second-order valence-electron chi connectivity index (χ2n) is 5.27. The van der Waals surface area contributed by atoms with E-state index < -0.39 is 0 Å². The molecule has 0 aliphatic rings. The number of nitrogens with zero attached hydrogens (tertiary/aromatic N) is 2. The predicted molar refractivity (Wildman–Crippen MR) is 84.3 cm³/mol. The molecule has 0 unspecified atom stereocenters. The third kappa shape index (κ3) is 2.18. The molecule has 0 radical (unpaired) electrons. The van der Waals surface area contributed by atoms with Crippen LogP contribution in [0.25, 0.3) is 22.2 Å². The van der Waals surface area contributed by atoms with Crippen molar-refractivity contribution in [2.45, 2.75) is 6.92 Å². The average molecular weight is 279 g/mol. The number of hydrogen-bond acceptors (Lipinski definition) is 2. The first-order valence-corrected chi connectivity index (χ1v) is 6.84. The lowest BCUT2D eigenvalue weighted by Gasteiger charge is -2.14. The van der Waals surface area contributed by atoms with E-state index in [0.29, 0.717) is 5.56 Å². The van der Waals surface area contributed by atoms with Crippen molar-refractivity contribution in [2.75, 3.05) is 14.1 Å². The van der Waals surface area contributed by atoms with Crippen LogP contribution >= 0.6 is 0 Å². The Bertz CT molecular complexity index is 818. The van der Waals surface area contributed by atoms with Gasteiger partial charge in [-0.25, -0.2) is 4.98 Å². The van der Waals surface area contributed by atoms with Gasteiger partial charge in [0.05, 0.1) is 0 Å². The molecule has 0 spiro atoms. The number of hydrogen-bond donors (Lipinski definition) is 1. The number of aromatic nitrogens is 2. The lowest BCUT2D eigenvalue weighted by atomic mass is 9.97. The Kier molecular flexibility index (Phi) is 3.22. The number of pyridine rings is 1. The molecule has 1 aromatic carbocycles. The van der Waals surface area contributed by atoms with Gasteiger partial charge in [-0.1, -0.05) is 18.2 Å². The maximum atomic E-state index is 12.4. The van der Waals surface area contributed by atoms with Crippen LogP contribution in [0.3, 0.4) is 0 Å². The molecule has 1 N–H and O–H groups in total. The number of carbonyl (C=O) groups is 1. The van der Waals surface area contributed by atoms with Crippen LogP contribution in [0, 0.1) is 6.92 Å². The molecule has 0 fully saturated rings. The molecule has 106 valence electrons. The molecule has 2 aromatic heterocycles. The van der Waals surface area contributed by atoms with Crippen molar-refractivity contribution in [1.29, 1.82) is 0 Å². The summed E-state index contributed by atoms with van der Waals surface area (Å²) in [5.41, 5.74) is 4.55. The molecule has 0 atom stereocenters. The summed E-state index contributed by atoms with van der Waals surface area (Å²) in [6.07, 6.45) is 1.76. The largest absolute Gasteiger partial charge is 0.345 e. The lowest BCUT2D eigenvalue weighted by molar-refractivity contribution is 0.0828. The Labute approximate surface area is 123 Å². The van der Waals surface area contributed by atoms with Gasteiger partial charge in [-0.2, -0.15) is 0 Å². The highest BCUT2D eigenvalue weighted by molar-refractivity contribution is 6.05. The fraction of sp³-hybridized carbons (Fsp3) is 0.176. The third-order valence-corrected chi connectivity index (χ3v) is 3.59. The average Bonchev–Trinajstić information content (AvgIpc) is 2.82. The molecule has 4 nitrogen and oxygen atoms in total. The van der Waals surface area contributed by atoms with Crippen molar-refractivity contribution < 1.29 is 4.79 Å². The van der Waals surface area contributed by atoms with Crippen LogP contribution in [0.15, 0.2) is 42.6 Å². The molecule has 0 aliphatic heterocycles. The van der Waals surface area contributed by atoms with Crippen molar-refractivity contribution in [1.82, 2.24) is 14.9 Å². The molecular weight excluding hydrogens is 262 g/mol. The number of carbonyl (C=O) groups excluding carboxylic acids is 1. The number of benzene rings is 1. The SMILES string of the molecule is Cc1[nH]c2ncccc2c1-c1ccccc1C(=O)N(C)C. The molecule has 21 heavy (non-hydrogen) atoms. The van der Waals surface area contributed by atoms with Crippen LogP contribution in [0.2, 0.25) is 0 Å². The summed E-state index contributed by atoms with van der Waals surface area (Å²) < 4.78 is 0. The first kappa shape index (κ1) is 13.4. The number of aryl methyl sites for hydroxylation is 1. The minimum atomic E-state index is 0.00300. The molecule has 0 saturated carbocycles. The first-order valence-electron chi connectivity index (χ1n) is 6.84. The van der Waals surface area contributed by atoms with Gasteiger partial charge < -0.3 is 9.88 Å². The Morgan fingerprint density at radius 1 is 1.14 bits per heavy atom. The zero-order valence-corrected chi connectivity index (χ0v) is 12.3. The van der Waals surface area contributed by atoms with Crippen molar-refractivity contribution in [2.24, 2.45) is 0 Å². The smallest absolute Gasteiger partial charge is 0.253 e. The third-order valence-electron chi connectivity index (χ3n) is 3.59. The minimum absolute atomic E-state index is 0.00300. The van der Waals surface area contributed by atoms with Crippen LogP contribution in [0.1, 0.15) is 16.1 Å². The summed E-state index contributed by atoms with van der Waals surface area (Å²) in [6.45, 7) is 2.01. The van der Waals surface area contributed by atoms with Crippen LogP contribution in [0.5, 0.6) is 0 Å². The molecule has 0 saturated heterocycles. The standard InChI is InChI=1S/C17H17N3O/c1-11-15(14-9-6-10-18-16(14)19-11)12-7-4-5-8-13(12)17(21)20(2)3/h4-10H,1-3H3,(H,18,19). The summed E-state index contributed by atoms with van der Waals surface area (Å²) in [6, 6.07) is 11.6. The van der Waals surface area contributed by atoms with E-state index in [-0.39, 0.29) is 5.91 Å². The first-order chi connectivity index (χ1) is 10.1. The van der Waals surface area contributed by atoms with Crippen molar-refractivity contribution in [3.63, 3.8) is 0 Å². The van der Waals surface area contributed by atoms with Crippen molar-refractivity contribution >= 4 is 16.9 Å². The molecule has 1 amide bonds. The van der Waals surface area contributed by atoms with E-state index in [0.717, 1.165) is 27.9 Å². The highest BCUT2D eigenvalue weighted by Gasteiger charge is 2.18. The number of rotatable bonds is 2.